The summed E-state index contributed by atoms with van der Waals surface area (Å²) in [7, 11) is 0. The van der Waals surface area contributed by atoms with Gasteiger partial charge in [0.05, 0.1) is 24.5 Å². The number of thioether (sulfide) groups is 1. The Bertz CT molecular complexity index is 415. The van der Waals surface area contributed by atoms with E-state index in [0.717, 1.165) is 10.2 Å². The number of morpholine rings is 1. The molecule has 0 N–H and O–H groups in total. The summed E-state index contributed by atoms with van der Waals surface area (Å²) >= 11 is 5.00. The molecule has 0 aromatic heterocycles. The minimum absolute atomic E-state index is 0.113. The molecule has 0 radical (unpaired) electrons. The van der Waals surface area contributed by atoms with Crippen molar-refractivity contribution < 1.29 is 9.53 Å². The summed E-state index contributed by atoms with van der Waals surface area (Å²) in [4.78, 5) is 15.3. The lowest BCUT2D eigenvalue weighted by Crippen LogP contribution is -2.52. The van der Waals surface area contributed by atoms with E-state index in [0.29, 0.717) is 18.9 Å². The van der Waals surface area contributed by atoms with Gasteiger partial charge in [0, 0.05) is 16.8 Å². The minimum atomic E-state index is 0.113. The molecule has 5 heteroatoms. The van der Waals surface area contributed by atoms with Gasteiger partial charge in [0.15, 0.2) is 0 Å². The van der Waals surface area contributed by atoms with Crippen LogP contribution in [0.3, 0.4) is 0 Å². The highest BCUT2D eigenvalue weighted by Gasteiger charge is 2.28. The first-order valence-electron chi connectivity index (χ1n) is 6.35. The summed E-state index contributed by atoms with van der Waals surface area (Å²) in [6.45, 7) is 3.34. The average molecular weight is 344 g/mol. The van der Waals surface area contributed by atoms with Crippen LogP contribution in [0.15, 0.2) is 35.2 Å². The molecule has 1 aromatic carbocycles. The zero-order valence-corrected chi connectivity index (χ0v) is 13.3. The molecule has 3 nitrogen and oxygen atoms in total. The molecule has 0 aliphatic carbocycles. The van der Waals surface area contributed by atoms with Crippen LogP contribution in [0.2, 0.25) is 0 Å². The molecule has 0 saturated carbocycles. The molecule has 0 spiro atoms. The maximum absolute atomic E-state index is 12.3. The normalized spacial score (nSPS) is 23.4. The maximum atomic E-state index is 12.3. The summed E-state index contributed by atoms with van der Waals surface area (Å²) in [5, 5.41) is 0.773. The van der Waals surface area contributed by atoms with Crippen molar-refractivity contribution in [3.05, 3.63) is 30.3 Å². The molecule has 1 heterocycles. The lowest BCUT2D eigenvalue weighted by molar-refractivity contribution is -0.139. The van der Waals surface area contributed by atoms with Crippen molar-refractivity contribution in [2.45, 2.75) is 24.0 Å². The van der Waals surface area contributed by atoms with E-state index in [9.17, 15) is 4.79 Å². The first-order valence-corrected chi connectivity index (χ1v) is 8.46. The fourth-order valence-electron chi connectivity index (χ4n) is 2.00. The molecule has 104 valence electrons. The molecule has 2 unspecified atom stereocenters. The number of benzene rings is 1. The van der Waals surface area contributed by atoms with Crippen LogP contribution in [-0.2, 0) is 9.53 Å². The minimum Gasteiger partial charge on any atom is -0.373 e. The molecule has 1 saturated heterocycles. The van der Waals surface area contributed by atoms with Gasteiger partial charge in [-0.25, -0.2) is 0 Å². The first-order chi connectivity index (χ1) is 9.20. The Morgan fingerprint density at radius 2 is 2.21 bits per heavy atom. The van der Waals surface area contributed by atoms with Crippen molar-refractivity contribution in [2.75, 3.05) is 24.2 Å². The van der Waals surface area contributed by atoms with Gasteiger partial charge in [-0.3, -0.25) is 4.79 Å². The summed E-state index contributed by atoms with van der Waals surface area (Å²) < 4.78 is 5.63. The van der Waals surface area contributed by atoms with Crippen molar-refractivity contribution >= 4 is 33.6 Å². The number of carbonyl (C=O) groups is 1. The number of ether oxygens (including phenoxy) is 1. The molecule has 19 heavy (non-hydrogen) atoms. The second-order valence-corrected chi connectivity index (χ2v) is 6.30. The van der Waals surface area contributed by atoms with E-state index >= 15 is 0 Å². The number of hydrogen-bond donors (Lipinski definition) is 0. The molecule has 1 aliphatic heterocycles. The van der Waals surface area contributed by atoms with Crippen molar-refractivity contribution in [1.82, 2.24) is 4.90 Å². The topological polar surface area (TPSA) is 29.5 Å². The maximum Gasteiger partial charge on any atom is 0.233 e. The second-order valence-electron chi connectivity index (χ2n) is 4.61. The molecule has 0 bridgehead atoms. The molecule has 1 fully saturated rings. The van der Waals surface area contributed by atoms with Gasteiger partial charge in [-0.05, 0) is 19.1 Å². The number of halogens is 1. The van der Waals surface area contributed by atoms with Crippen molar-refractivity contribution in [3.63, 3.8) is 0 Å². The van der Waals surface area contributed by atoms with Crippen LogP contribution in [0, 0.1) is 0 Å². The highest BCUT2D eigenvalue weighted by Crippen LogP contribution is 2.20. The quantitative estimate of drug-likeness (QED) is 0.621. The van der Waals surface area contributed by atoms with Crippen molar-refractivity contribution in [2.24, 2.45) is 0 Å². The smallest absolute Gasteiger partial charge is 0.233 e. The van der Waals surface area contributed by atoms with E-state index in [2.05, 4.69) is 15.9 Å². The van der Waals surface area contributed by atoms with Gasteiger partial charge in [-0.2, -0.15) is 0 Å². The van der Waals surface area contributed by atoms with Crippen molar-refractivity contribution in [3.8, 4) is 0 Å². The van der Waals surface area contributed by atoms with E-state index in [1.165, 1.54) is 0 Å². The van der Waals surface area contributed by atoms with Gasteiger partial charge in [0.2, 0.25) is 5.91 Å². The third-order valence-electron chi connectivity index (χ3n) is 3.10. The SMILES string of the molecule is CC1COC(CBr)CN1C(=O)CSc1ccccc1. The second kappa shape index (κ2) is 7.31. The highest BCUT2D eigenvalue weighted by molar-refractivity contribution is 9.09. The molecule has 2 atom stereocenters. The molecular weight excluding hydrogens is 326 g/mol. The Kier molecular flexibility index (Phi) is 5.73. The monoisotopic (exact) mass is 343 g/mol. The zero-order valence-electron chi connectivity index (χ0n) is 10.9. The Morgan fingerprint density at radius 3 is 2.89 bits per heavy atom. The predicted molar refractivity (Wildman–Crippen MR) is 81.9 cm³/mol. The lowest BCUT2D eigenvalue weighted by atomic mass is 10.2. The summed E-state index contributed by atoms with van der Waals surface area (Å²) in [6.07, 6.45) is 0.113. The van der Waals surface area contributed by atoms with Gasteiger partial charge in [-0.15, -0.1) is 11.8 Å². The predicted octanol–water partition coefficient (Wildman–Crippen LogP) is 2.79. The van der Waals surface area contributed by atoms with E-state index in [-0.39, 0.29) is 18.1 Å². The van der Waals surface area contributed by atoms with E-state index < -0.39 is 0 Å². The Labute approximate surface area is 126 Å². The van der Waals surface area contributed by atoms with Gasteiger partial charge in [0.25, 0.3) is 0 Å². The van der Waals surface area contributed by atoms with Crippen LogP contribution in [-0.4, -0.2) is 47.2 Å². The largest absolute Gasteiger partial charge is 0.373 e. The number of amides is 1. The summed E-state index contributed by atoms with van der Waals surface area (Å²) in [5.74, 6) is 0.680. The van der Waals surface area contributed by atoms with Crippen LogP contribution < -0.4 is 0 Å². The summed E-state index contributed by atoms with van der Waals surface area (Å²) in [6, 6.07) is 10.2. The van der Waals surface area contributed by atoms with Crippen molar-refractivity contribution in [1.29, 1.82) is 0 Å². The van der Waals surface area contributed by atoms with Crippen LogP contribution >= 0.6 is 27.7 Å². The fraction of sp³-hybridized carbons (Fsp3) is 0.500. The molecule has 1 aromatic rings. The Balaban J connectivity index is 1.88. The fourth-order valence-corrected chi connectivity index (χ4v) is 3.20. The highest BCUT2D eigenvalue weighted by atomic mass is 79.9. The van der Waals surface area contributed by atoms with Crippen LogP contribution in [0.1, 0.15) is 6.92 Å². The van der Waals surface area contributed by atoms with Gasteiger partial charge >= 0.3 is 0 Å². The van der Waals surface area contributed by atoms with Crippen LogP contribution in [0.4, 0.5) is 0 Å². The third kappa shape index (κ3) is 4.23. The number of alkyl halides is 1. The van der Waals surface area contributed by atoms with Gasteiger partial charge in [-0.1, -0.05) is 34.1 Å². The van der Waals surface area contributed by atoms with E-state index in [4.69, 9.17) is 4.74 Å². The Hall–Kier alpha value is -0.520. The third-order valence-corrected chi connectivity index (χ3v) is 4.82. The molecule has 1 aliphatic rings. The number of rotatable bonds is 4. The van der Waals surface area contributed by atoms with E-state index in [1.807, 2.05) is 42.2 Å². The van der Waals surface area contributed by atoms with Gasteiger partial charge < -0.3 is 9.64 Å². The molecule has 2 rings (SSSR count). The zero-order chi connectivity index (χ0) is 13.7. The first kappa shape index (κ1) is 14.9. The summed E-state index contributed by atoms with van der Waals surface area (Å²) in [5.41, 5.74) is 0. The number of hydrogen-bond acceptors (Lipinski definition) is 3. The average Bonchev–Trinajstić information content (AvgIpc) is 2.46. The van der Waals surface area contributed by atoms with Crippen LogP contribution in [0.25, 0.3) is 0 Å². The van der Waals surface area contributed by atoms with Gasteiger partial charge in [0.1, 0.15) is 0 Å². The number of carbonyl (C=O) groups excluding carboxylic acids is 1. The van der Waals surface area contributed by atoms with Crippen LogP contribution in [0.5, 0.6) is 0 Å². The molecule has 1 amide bonds. The Morgan fingerprint density at radius 1 is 1.47 bits per heavy atom. The lowest BCUT2D eigenvalue weighted by Gasteiger charge is -2.37. The molecular formula is C14H18BrNO2S. The number of nitrogens with zero attached hydrogens (tertiary/aromatic N) is 1. The standard InChI is InChI=1S/C14H18BrNO2S/c1-11-9-18-12(7-15)8-16(11)14(17)10-19-13-5-3-2-4-6-13/h2-6,11-12H,7-10H2,1H3. The van der Waals surface area contributed by atoms with E-state index in [1.54, 1.807) is 11.8 Å².